The Labute approximate surface area is 161 Å². The first-order valence-electron chi connectivity index (χ1n) is 8.62. The predicted octanol–water partition coefficient (Wildman–Crippen LogP) is 3.57. The maximum atomic E-state index is 12.9. The van der Waals surface area contributed by atoms with E-state index in [-0.39, 0.29) is 17.6 Å². The summed E-state index contributed by atoms with van der Waals surface area (Å²) in [5.41, 5.74) is 0.393. The van der Waals surface area contributed by atoms with Gasteiger partial charge in [-0.2, -0.15) is 0 Å². The number of benzene rings is 2. The van der Waals surface area contributed by atoms with Gasteiger partial charge in [0.25, 0.3) is 0 Å². The molecular formula is C20H20ClFN2O3. The molecule has 2 aromatic rings. The lowest BCUT2D eigenvalue weighted by atomic mass is 10.0. The molecule has 3 rings (SSSR count). The predicted molar refractivity (Wildman–Crippen MR) is 101 cm³/mol. The summed E-state index contributed by atoms with van der Waals surface area (Å²) in [6.07, 6.45) is 1.58. The van der Waals surface area contributed by atoms with Gasteiger partial charge in [0, 0.05) is 12.2 Å². The fourth-order valence-electron chi connectivity index (χ4n) is 2.82. The van der Waals surface area contributed by atoms with Crippen molar-refractivity contribution in [1.82, 2.24) is 5.32 Å². The van der Waals surface area contributed by atoms with Crippen molar-refractivity contribution >= 4 is 29.1 Å². The van der Waals surface area contributed by atoms with Gasteiger partial charge in [-0.05, 0) is 55.2 Å². The zero-order valence-corrected chi connectivity index (χ0v) is 15.6. The van der Waals surface area contributed by atoms with Crippen LogP contribution in [0.25, 0.3) is 0 Å². The Bertz CT molecular complexity index is 851. The van der Waals surface area contributed by atoms with E-state index in [2.05, 4.69) is 10.6 Å². The number of ether oxygens (including phenoxy) is 1. The second-order valence-corrected chi connectivity index (χ2v) is 6.93. The Morgan fingerprint density at radius 2 is 1.85 bits per heavy atom. The van der Waals surface area contributed by atoms with E-state index in [0.717, 1.165) is 5.56 Å². The fraction of sp³-hybridized carbons (Fsp3) is 0.300. The first-order valence-corrected chi connectivity index (χ1v) is 9.00. The van der Waals surface area contributed by atoms with Gasteiger partial charge in [-0.15, -0.1) is 0 Å². The van der Waals surface area contributed by atoms with Crippen LogP contribution in [-0.4, -0.2) is 25.5 Å². The summed E-state index contributed by atoms with van der Waals surface area (Å²) in [4.78, 5) is 25.1. The zero-order chi connectivity index (χ0) is 19.4. The van der Waals surface area contributed by atoms with Crippen molar-refractivity contribution in [3.63, 3.8) is 0 Å². The number of carbonyl (C=O) groups excluding carboxylic acids is 2. The Kier molecular flexibility index (Phi) is 5.65. The number of rotatable bonds is 7. The molecule has 0 saturated heterocycles. The van der Waals surface area contributed by atoms with Gasteiger partial charge in [-0.3, -0.25) is 9.59 Å². The Morgan fingerprint density at radius 3 is 2.44 bits per heavy atom. The van der Waals surface area contributed by atoms with Gasteiger partial charge in [0.2, 0.25) is 11.8 Å². The number of carbonyl (C=O) groups is 2. The largest absolute Gasteiger partial charge is 0.495 e. The lowest BCUT2D eigenvalue weighted by Gasteiger charge is -2.16. The van der Waals surface area contributed by atoms with Crippen molar-refractivity contribution in [3.05, 3.63) is 58.9 Å². The average Bonchev–Trinajstić information content (AvgIpc) is 3.45. The molecule has 0 unspecified atom stereocenters. The number of nitrogens with one attached hydrogen (secondary N) is 2. The molecule has 1 aliphatic carbocycles. The zero-order valence-electron chi connectivity index (χ0n) is 14.9. The van der Waals surface area contributed by atoms with Crippen LogP contribution < -0.4 is 15.4 Å². The highest BCUT2D eigenvalue weighted by atomic mass is 35.5. The SMILES string of the molecule is COc1ccc(NC(=O)C2(C(=O)NCCc3ccc(F)cc3)CC2)cc1Cl. The monoisotopic (exact) mass is 390 g/mol. The minimum atomic E-state index is -1.03. The van der Waals surface area contributed by atoms with Crippen molar-refractivity contribution in [2.45, 2.75) is 19.3 Å². The summed E-state index contributed by atoms with van der Waals surface area (Å²) in [6, 6.07) is 11.0. The van der Waals surface area contributed by atoms with Crippen LogP contribution in [0.15, 0.2) is 42.5 Å². The van der Waals surface area contributed by atoms with Crippen LogP contribution in [-0.2, 0) is 16.0 Å². The van der Waals surface area contributed by atoms with Crippen molar-refractivity contribution in [2.24, 2.45) is 5.41 Å². The number of amides is 2. The van der Waals surface area contributed by atoms with E-state index in [9.17, 15) is 14.0 Å². The van der Waals surface area contributed by atoms with Gasteiger partial charge < -0.3 is 15.4 Å². The van der Waals surface area contributed by atoms with Crippen LogP contribution in [0.5, 0.6) is 5.75 Å². The Hall–Kier alpha value is -2.60. The first-order chi connectivity index (χ1) is 12.9. The summed E-state index contributed by atoms with van der Waals surface area (Å²) in [5, 5.41) is 5.93. The number of hydrogen-bond acceptors (Lipinski definition) is 3. The molecule has 0 aromatic heterocycles. The fourth-order valence-corrected chi connectivity index (χ4v) is 3.08. The maximum Gasteiger partial charge on any atom is 0.240 e. The summed E-state index contributed by atoms with van der Waals surface area (Å²) >= 11 is 6.06. The summed E-state index contributed by atoms with van der Waals surface area (Å²) < 4.78 is 18.0. The van der Waals surface area contributed by atoms with Crippen LogP contribution in [0.3, 0.4) is 0 Å². The molecule has 0 aliphatic heterocycles. The molecule has 0 atom stereocenters. The molecule has 142 valence electrons. The normalized spacial score (nSPS) is 14.3. The van der Waals surface area contributed by atoms with Crippen molar-refractivity contribution in [2.75, 3.05) is 19.0 Å². The van der Waals surface area contributed by atoms with Gasteiger partial charge >= 0.3 is 0 Å². The molecule has 0 spiro atoms. The van der Waals surface area contributed by atoms with E-state index in [1.54, 1.807) is 30.3 Å². The van der Waals surface area contributed by atoms with Gasteiger partial charge in [0.15, 0.2) is 0 Å². The average molecular weight is 391 g/mol. The molecule has 7 heteroatoms. The highest BCUT2D eigenvalue weighted by Crippen LogP contribution is 2.47. The number of anilines is 1. The number of methoxy groups -OCH3 is 1. The second kappa shape index (κ2) is 7.96. The van der Waals surface area contributed by atoms with E-state index in [1.165, 1.54) is 19.2 Å². The van der Waals surface area contributed by atoms with Crippen LogP contribution in [0.1, 0.15) is 18.4 Å². The molecule has 2 N–H and O–H groups in total. The van der Waals surface area contributed by atoms with Gasteiger partial charge in [0.05, 0.1) is 12.1 Å². The standard InChI is InChI=1S/C20H20ClFN2O3/c1-27-17-7-6-15(12-16(17)21)24-19(26)20(9-10-20)18(25)23-11-8-13-2-4-14(22)5-3-13/h2-7,12H,8-11H2,1H3,(H,23,25)(H,24,26). The van der Waals surface area contributed by atoms with Crippen LogP contribution in [0, 0.1) is 11.2 Å². The van der Waals surface area contributed by atoms with Gasteiger partial charge in [-0.1, -0.05) is 23.7 Å². The smallest absolute Gasteiger partial charge is 0.240 e. The molecule has 1 saturated carbocycles. The molecule has 0 radical (unpaired) electrons. The Balaban J connectivity index is 1.55. The minimum Gasteiger partial charge on any atom is -0.495 e. The van der Waals surface area contributed by atoms with E-state index in [0.29, 0.717) is 42.3 Å². The molecule has 5 nitrogen and oxygen atoms in total. The van der Waals surface area contributed by atoms with E-state index >= 15 is 0 Å². The van der Waals surface area contributed by atoms with Crippen LogP contribution in [0.2, 0.25) is 5.02 Å². The lowest BCUT2D eigenvalue weighted by molar-refractivity contribution is -0.134. The van der Waals surface area contributed by atoms with Crippen LogP contribution in [0.4, 0.5) is 10.1 Å². The molecule has 2 amide bonds. The maximum absolute atomic E-state index is 12.9. The quantitative estimate of drug-likeness (QED) is 0.710. The number of halogens is 2. The molecular weight excluding hydrogens is 371 g/mol. The second-order valence-electron chi connectivity index (χ2n) is 6.52. The summed E-state index contributed by atoms with van der Waals surface area (Å²) in [7, 11) is 1.51. The third-order valence-corrected chi connectivity index (χ3v) is 4.94. The van der Waals surface area contributed by atoms with E-state index in [1.807, 2.05) is 0 Å². The third kappa shape index (κ3) is 4.39. The molecule has 2 aromatic carbocycles. The number of hydrogen-bond donors (Lipinski definition) is 2. The highest BCUT2D eigenvalue weighted by molar-refractivity contribution is 6.32. The summed E-state index contributed by atoms with van der Waals surface area (Å²) in [6.45, 7) is 0.383. The van der Waals surface area contributed by atoms with E-state index < -0.39 is 5.41 Å². The summed E-state index contributed by atoms with van der Waals surface area (Å²) in [5.74, 6) is -0.422. The molecule has 1 fully saturated rings. The Morgan fingerprint density at radius 1 is 1.15 bits per heavy atom. The van der Waals surface area contributed by atoms with Crippen molar-refractivity contribution < 1.29 is 18.7 Å². The topological polar surface area (TPSA) is 67.4 Å². The van der Waals surface area contributed by atoms with Crippen molar-refractivity contribution in [3.8, 4) is 5.75 Å². The van der Waals surface area contributed by atoms with Gasteiger partial charge in [0.1, 0.15) is 17.0 Å². The molecule has 0 bridgehead atoms. The molecule has 27 heavy (non-hydrogen) atoms. The third-order valence-electron chi connectivity index (χ3n) is 4.64. The van der Waals surface area contributed by atoms with E-state index in [4.69, 9.17) is 16.3 Å². The minimum absolute atomic E-state index is 0.290. The first kappa shape index (κ1) is 19.2. The van der Waals surface area contributed by atoms with Crippen molar-refractivity contribution in [1.29, 1.82) is 0 Å². The molecule has 1 aliphatic rings. The molecule has 0 heterocycles. The highest BCUT2D eigenvalue weighted by Gasteiger charge is 2.56. The lowest BCUT2D eigenvalue weighted by Crippen LogP contribution is -2.40. The van der Waals surface area contributed by atoms with Crippen LogP contribution >= 0.6 is 11.6 Å². The van der Waals surface area contributed by atoms with Gasteiger partial charge in [-0.25, -0.2) is 4.39 Å².